The smallest absolute Gasteiger partial charge is 0.234 e. The Morgan fingerprint density at radius 1 is 0.892 bits per heavy atom. The van der Waals surface area contributed by atoms with E-state index in [9.17, 15) is 4.79 Å². The number of carbonyl (C=O) groups is 1. The fraction of sp³-hybridized carbons (Fsp3) is 0.192. The Balaban J connectivity index is 1.51. The third-order valence-corrected chi connectivity index (χ3v) is 6.41. The molecule has 0 aliphatic carbocycles. The van der Waals surface area contributed by atoms with Crippen LogP contribution in [0.25, 0.3) is 5.69 Å². The Bertz CT molecular complexity index is 1350. The molecular weight excluding hydrogens is 516 g/mol. The van der Waals surface area contributed by atoms with Gasteiger partial charge < -0.3 is 24.3 Å². The summed E-state index contributed by atoms with van der Waals surface area (Å²) in [6.07, 6.45) is 0. The van der Waals surface area contributed by atoms with E-state index >= 15 is 0 Å². The summed E-state index contributed by atoms with van der Waals surface area (Å²) in [7, 11) is 4.71. The number of aromatic nitrogens is 3. The minimum atomic E-state index is -0.225. The number of hydrogen-bond donors (Lipinski definition) is 1. The summed E-state index contributed by atoms with van der Waals surface area (Å²) < 4.78 is 23.6. The predicted octanol–water partition coefficient (Wildman–Crippen LogP) is 5.26. The predicted molar refractivity (Wildman–Crippen MR) is 143 cm³/mol. The lowest BCUT2D eigenvalue weighted by Crippen LogP contribution is -2.15. The van der Waals surface area contributed by atoms with Crippen molar-refractivity contribution in [3.8, 4) is 28.7 Å². The van der Waals surface area contributed by atoms with Gasteiger partial charge in [-0.3, -0.25) is 9.36 Å². The van der Waals surface area contributed by atoms with Gasteiger partial charge in [-0.05, 0) is 60.7 Å². The van der Waals surface area contributed by atoms with E-state index in [0.29, 0.717) is 38.9 Å². The third-order valence-electron chi connectivity index (χ3n) is 5.23. The quantitative estimate of drug-likeness (QED) is 0.257. The minimum Gasteiger partial charge on any atom is -0.497 e. The highest BCUT2D eigenvalue weighted by molar-refractivity contribution is 7.99. The summed E-state index contributed by atoms with van der Waals surface area (Å²) >= 11 is 7.22. The molecule has 1 heterocycles. The molecule has 9 nitrogen and oxygen atoms in total. The lowest BCUT2D eigenvalue weighted by atomic mass is 10.2. The first-order valence-electron chi connectivity index (χ1n) is 11.1. The second-order valence-corrected chi connectivity index (χ2v) is 8.96. The van der Waals surface area contributed by atoms with Crippen LogP contribution in [-0.4, -0.2) is 47.8 Å². The van der Waals surface area contributed by atoms with Crippen molar-refractivity contribution in [1.82, 2.24) is 14.8 Å². The molecule has 4 rings (SSSR count). The summed E-state index contributed by atoms with van der Waals surface area (Å²) in [5.74, 6) is 2.94. The number of anilines is 1. The van der Waals surface area contributed by atoms with Crippen LogP contribution < -0.4 is 24.3 Å². The van der Waals surface area contributed by atoms with E-state index in [1.807, 2.05) is 28.8 Å². The highest BCUT2D eigenvalue weighted by Crippen LogP contribution is 2.30. The monoisotopic (exact) mass is 540 g/mol. The van der Waals surface area contributed by atoms with Gasteiger partial charge in [0.05, 0.1) is 32.8 Å². The largest absolute Gasteiger partial charge is 0.497 e. The Kier molecular flexibility index (Phi) is 8.76. The second kappa shape index (κ2) is 12.4. The van der Waals surface area contributed by atoms with E-state index in [2.05, 4.69) is 15.5 Å². The zero-order valence-corrected chi connectivity index (χ0v) is 22.0. The van der Waals surface area contributed by atoms with Crippen LogP contribution in [0.1, 0.15) is 5.82 Å². The number of carbonyl (C=O) groups excluding carboxylic acids is 1. The molecule has 11 heteroatoms. The molecule has 1 N–H and O–H groups in total. The number of hydrogen-bond acceptors (Lipinski definition) is 8. The summed E-state index contributed by atoms with van der Waals surface area (Å²) in [6.45, 7) is 0.163. The average molecular weight is 541 g/mol. The zero-order chi connectivity index (χ0) is 26.2. The van der Waals surface area contributed by atoms with Crippen molar-refractivity contribution in [1.29, 1.82) is 0 Å². The van der Waals surface area contributed by atoms with E-state index in [4.69, 9.17) is 30.5 Å². The van der Waals surface area contributed by atoms with Gasteiger partial charge in [0.15, 0.2) is 11.0 Å². The van der Waals surface area contributed by atoms with Crippen molar-refractivity contribution < 1.29 is 23.7 Å². The first kappa shape index (κ1) is 26.2. The van der Waals surface area contributed by atoms with E-state index < -0.39 is 0 Å². The van der Waals surface area contributed by atoms with Gasteiger partial charge in [-0.1, -0.05) is 23.4 Å². The van der Waals surface area contributed by atoms with E-state index in [-0.39, 0.29) is 18.3 Å². The number of nitrogens with one attached hydrogen (secondary N) is 1. The van der Waals surface area contributed by atoms with Crippen molar-refractivity contribution in [3.05, 3.63) is 77.6 Å². The van der Waals surface area contributed by atoms with E-state index in [1.165, 1.54) is 18.9 Å². The maximum Gasteiger partial charge on any atom is 0.234 e. The van der Waals surface area contributed by atoms with Crippen LogP contribution in [0, 0.1) is 0 Å². The molecule has 0 radical (unpaired) electrons. The van der Waals surface area contributed by atoms with Gasteiger partial charge in [-0.25, -0.2) is 0 Å². The first-order chi connectivity index (χ1) is 18.0. The maximum atomic E-state index is 12.8. The molecular formula is C26H25ClN4O5S. The molecule has 0 bridgehead atoms. The molecule has 0 fully saturated rings. The van der Waals surface area contributed by atoms with Gasteiger partial charge >= 0.3 is 0 Å². The molecule has 0 saturated heterocycles. The van der Waals surface area contributed by atoms with Gasteiger partial charge in [0.25, 0.3) is 0 Å². The van der Waals surface area contributed by atoms with Crippen LogP contribution in [0.15, 0.2) is 71.9 Å². The molecule has 0 unspecified atom stereocenters. The lowest BCUT2D eigenvalue weighted by molar-refractivity contribution is -0.113. The number of halogens is 1. The number of rotatable bonds is 11. The van der Waals surface area contributed by atoms with Crippen LogP contribution in [0.4, 0.5) is 5.69 Å². The molecule has 3 aromatic carbocycles. The zero-order valence-electron chi connectivity index (χ0n) is 20.4. The van der Waals surface area contributed by atoms with Crippen molar-refractivity contribution in [2.45, 2.75) is 11.8 Å². The van der Waals surface area contributed by atoms with Crippen LogP contribution in [0.5, 0.6) is 23.0 Å². The highest BCUT2D eigenvalue weighted by atomic mass is 35.5. The maximum absolute atomic E-state index is 12.8. The number of methoxy groups -OCH3 is 3. The average Bonchev–Trinajstić information content (AvgIpc) is 3.34. The van der Waals surface area contributed by atoms with Crippen LogP contribution in [-0.2, 0) is 11.4 Å². The molecule has 192 valence electrons. The summed E-state index contributed by atoms with van der Waals surface area (Å²) in [5.41, 5.74) is 1.35. The Labute approximate surface area is 223 Å². The Morgan fingerprint density at radius 2 is 1.57 bits per heavy atom. The summed E-state index contributed by atoms with van der Waals surface area (Å²) in [5, 5.41) is 12.7. The van der Waals surface area contributed by atoms with E-state index in [1.54, 1.807) is 56.7 Å². The van der Waals surface area contributed by atoms with Crippen molar-refractivity contribution >= 4 is 35.0 Å². The van der Waals surface area contributed by atoms with Crippen molar-refractivity contribution in [3.63, 3.8) is 0 Å². The molecule has 4 aromatic rings. The standard InChI is InChI=1S/C26H25ClN4O5S/c1-33-19-10-6-18(7-11-19)31-24(15-36-20-8-4-17(27)5-9-20)29-30-26(31)37-16-25(32)28-22-13-12-21(34-2)14-23(22)35-3/h4-14H,15-16H2,1-3H3,(H,28,32). The van der Waals surface area contributed by atoms with Gasteiger partial charge in [-0.2, -0.15) is 0 Å². The highest BCUT2D eigenvalue weighted by Gasteiger charge is 2.18. The second-order valence-electron chi connectivity index (χ2n) is 7.58. The number of amides is 1. The summed E-state index contributed by atoms with van der Waals surface area (Å²) in [4.78, 5) is 12.8. The van der Waals surface area contributed by atoms with Crippen LogP contribution >= 0.6 is 23.4 Å². The first-order valence-corrected chi connectivity index (χ1v) is 12.5. The van der Waals surface area contributed by atoms with Crippen molar-refractivity contribution in [2.75, 3.05) is 32.4 Å². The minimum absolute atomic E-state index is 0.0987. The molecule has 0 atom stereocenters. The molecule has 0 aliphatic heterocycles. The van der Waals surface area contributed by atoms with Gasteiger partial charge in [-0.15, -0.1) is 10.2 Å². The summed E-state index contributed by atoms with van der Waals surface area (Å²) in [6, 6.07) is 19.7. The molecule has 0 spiro atoms. The van der Waals surface area contributed by atoms with Crippen LogP contribution in [0.3, 0.4) is 0 Å². The Hall–Kier alpha value is -3.89. The molecule has 37 heavy (non-hydrogen) atoms. The number of nitrogens with zero attached hydrogens (tertiary/aromatic N) is 3. The van der Waals surface area contributed by atoms with Gasteiger partial charge in [0.1, 0.15) is 29.6 Å². The number of ether oxygens (including phenoxy) is 4. The number of benzene rings is 3. The normalized spacial score (nSPS) is 10.6. The molecule has 1 amide bonds. The topological polar surface area (TPSA) is 96.7 Å². The Morgan fingerprint density at radius 3 is 2.24 bits per heavy atom. The fourth-order valence-corrected chi connectivity index (χ4v) is 4.27. The van der Waals surface area contributed by atoms with E-state index in [0.717, 1.165) is 11.4 Å². The molecule has 0 aliphatic rings. The van der Waals surface area contributed by atoms with Crippen molar-refractivity contribution in [2.24, 2.45) is 0 Å². The molecule has 0 saturated carbocycles. The van der Waals surface area contributed by atoms with Crippen LogP contribution in [0.2, 0.25) is 5.02 Å². The fourth-order valence-electron chi connectivity index (χ4n) is 3.37. The molecule has 1 aromatic heterocycles. The SMILES string of the molecule is COc1ccc(-n2c(COc3ccc(Cl)cc3)nnc2SCC(=O)Nc2ccc(OC)cc2OC)cc1. The van der Waals surface area contributed by atoms with Gasteiger partial charge in [0, 0.05) is 16.8 Å². The number of thioether (sulfide) groups is 1. The van der Waals surface area contributed by atoms with Gasteiger partial charge in [0.2, 0.25) is 5.91 Å². The lowest BCUT2D eigenvalue weighted by Gasteiger charge is -2.13. The third kappa shape index (κ3) is 6.66.